The van der Waals surface area contributed by atoms with Crippen molar-refractivity contribution in [1.29, 1.82) is 0 Å². The zero-order valence-corrected chi connectivity index (χ0v) is 21.1. The summed E-state index contributed by atoms with van der Waals surface area (Å²) in [4.78, 5) is 0. The fourth-order valence-corrected chi connectivity index (χ4v) is 7.08. The molecule has 0 radical (unpaired) electrons. The number of aryl methyl sites for hydroxylation is 1. The second kappa shape index (κ2) is 10.5. The van der Waals surface area contributed by atoms with E-state index in [0.717, 1.165) is 63.2 Å². The number of hydrogen-bond acceptors (Lipinski definition) is 6. The lowest BCUT2D eigenvalue weighted by molar-refractivity contribution is -0.0334. The Kier molecular flexibility index (Phi) is 7.87. The van der Waals surface area contributed by atoms with Crippen LogP contribution in [0.25, 0.3) is 0 Å². The minimum absolute atomic E-state index is 0.0183. The number of unbranched alkanes of at least 4 members (excludes halogenated alkanes) is 1. The van der Waals surface area contributed by atoms with Gasteiger partial charge in [-0.05, 0) is 86.3 Å². The molecule has 33 heavy (non-hydrogen) atoms. The number of allylic oxidation sites excluding steroid dienone is 1. The molecule has 0 spiro atoms. The minimum atomic E-state index is -0.956. The van der Waals surface area contributed by atoms with E-state index in [9.17, 15) is 15.3 Å². The molecule has 2 unspecified atom stereocenters. The summed E-state index contributed by atoms with van der Waals surface area (Å²) in [5.41, 5.74) is 2.31. The molecule has 4 rings (SSSR count). The molecule has 0 heterocycles. The monoisotopic (exact) mass is 476 g/mol. The number of aliphatic hydroxyl groups is 3. The van der Waals surface area contributed by atoms with Crippen molar-refractivity contribution in [3.63, 3.8) is 0 Å². The summed E-state index contributed by atoms with van der Waals surface area (Å²) in [6.45, 7) is 7.98. The molecular formula is C27H40O5S. The zero-order chi connectivity index (χ0) is 23.6. The van der Waals surface area contributed by atoms with E-state index < -0.39 is 11.5 Å². The van der Waals surface area contributed by atoms with E-state index in [1.807, 2.05) is 18.7 Å². The number of aliphatic hydroxyl groups excluding tert-OH is 3. The van der Waals surface area contributed by atoms with Crippen LogP contribution >= 0.6 is 11.8 Å². The molecular weight excluding hydrogens is 436 g/mol. The van der Waals surface area contributed by atoms with Gasteiger partial charge in [0.05, 0.1) is 0 Å². The molecule has 0 aromatic heterocycles. The molecule has 0 saturated heterocycles. The molecule has 3 aliphatic rings. The highest BCUT2D eigenvalue weighted by Gasteiger charge is 2.59. The Morgan fingerprint density at radius 3 is 2.73 bits per heavy atom. The summed E-state index contributed by atoms with van der Waals surface area (Å²) in [6.07, 6.45) is 6.04. The Labute approximate surface area is 202 Å². The molecule has 0 amide bonds. The lowest BCUT2D eigenvalue weighted by atomic mass is 9.55. The Hall–Kier alpha value is -1.37. The molecule has 5 nitrogen and oxygen atoms in total. The first-order valence-electron chi connectivity index (χ1n) is 12.7. The van der Waals surface area contributed by atoms with E-state index in [1.54, 1.807) is 0 Å². The standard InChI is InChI=1S/C27H40O5S/c1-4-5-13-31-14-6-15-33-17(2)32-19-8-10-20-18(16-19)7-9-22-21(20)11-12-27(3)23(22)24(28)25(29)26(27)30/h8,10,16-17,21-23,26,28-30H,4-7,9,11-15H2,1-3H3/t17?,21-,22?,23-,26+,27+/m1/s1. The van der Waals surface area contributed by atoms with Gasteiger partial charge in [-0.15, -0.1) is 11.8 Å². The van der Waals surface area contributed by atoms with Crippen molar-refractivity contribution in [2.24, 2.45) is 17.3 Å². The summed E-state index contributed by atoms with van der Waals surface area (Å²) in [5.74, 6) is 2.18. The summed E-state index contributed by atoms with van der Waals surface area (Å²) < 4.78 is 11.8. The van der Waals surface area contributed by atoms with Gasteiger partial charge in [-0.2, -0.15) is 0 Å². The van der Waals surface area contributed by atoms with Crippen LogP contribution in [-0.2, 0) is 11.2 Å². The highest BCUT2D eigenvalue weighted by atomic mass is 32.2. The normalized spacial score (nSPS) is 31.6. The maximum atomic E-state index is 10.6. The molecule has 1 aromatic rings. The average molecular weight is 477 g/mol. The van der Waals surface area contributed by atoms with Crippen LogP contribution in [0.1, 0.15) is 76.3 Å². The van der Waals surface area contributed by atoms with Gasteiger partial charge >= 0.3 is 0 Å². The Morgan fingerprint density at radius 2 is 1.94 bits per heavy atom. The van der Waals surface area contributed by atoms with Crippen LogP contribution in [0.15, 0.2) is 29.7 Å². The van der Waals surface area contributed by atoms with Crippen LogP contribution in [0, 0.1) is 17.3 Å². The summed E-state index contributed by atoms with van der Waals surface area (Å²) >= 11 is 1.82. The fourth-order valence-electron chi connectivity index (χ4n) is 6.29. The van der Waals surface area contributed by atoms with Crippen LogP contribution < -0.4 is 4.74 Å². The molecule has 0 bridgehead atoms. The molecule has 1 aromatic carbocycles. The van der Waals surface area contributed by atoms with E-state index in [-0.39, 0.29) is 28.8 Å². The predicted molar refractivity (Wildman–Crippen MR) is 133 cm³/mol. The lowest BCUT2D eigenvalue weighted by Crippen LogP contribution is -2.45. The number of ether oxygens (including phenoxy) is 2. The van der Waals surface area contributed by atoms with E-state index in [0.29, 0.717) is 5.92 Å². The van der Waals surface area contributed by atoms with Crippen LogP contribution in [-0.4, -0.2) is 45.8 Å². The highest BCUT2D eigenvalue weighted by molar-refractivity contribution is 7.99. The van der Waals surface area contributed by atoms with Crippen molar-refractivity contribution in [2.45, 2.75) is 83.2 Å². The van der Waals surface area contributed by atoms with E-state index in [1.165, 1.54) is 17.5 Å². The Balaban J connectivity index is 1.34. The van der Waals surface area contributed by atoms with Crippen molar-refractivity contribution < 1.29 is 24.8 Å². The molecule has 3 N–H and O–H groups in total. The first kappa shape index (κ1) is 24.7. The summed E-state index contributed by atoms with van der Waals surface area (Å²) in [7, 11) is 0. The lowest BCUT2D eigenvalue weighted by Gasteiger charge is -2.49. The van der Waals surface area contributed by atoms with Crippen LogP contribution in [0.4, 0.5) is 0 Å². The Morgan fingerprint density at radius 1 is 1.15 bits per heavy atom. The van der Waals surface area contributed by atoms with Crippen molar-refractivity contribution >= 4 is 11.8 Å². The number of thioether (sulfide) groups is 1. The highest BCUT2D eigenvalue weighted by Crippen LogP contribution is 2.61. The minimum Gasteiger partial charge on any atom is -0.508 e. The van der Waals surface area contributed by atoms with Crippen LogP contribution in [0.3, 0.4) is 0 Å². The molecule has 1 fully saturated rings. The Bertz CT molecular complexity index is 855. The number of rotatable bonds is 10. The average Bonchev–Trinajstić information content (AvgIpc) is 2.98. The van der Waals surface area contributed by atoms with Crippen LogP contribution in [0.2, 0.25) is 0 Å². The smallest absolute Gasteiger partial charge is 0.159 e. The fraction of sp³-hybridized carbons (Fsp3) is 0.704. The van der Waals surface area contributed by atoms with Crippen LogP contribution in [0.5, 0.6) is 5.75 Å². The maximum absolute atomic E-state index is 10.6. The molecule has 3 aliphatic carbocycles. The second-order valence-corrected chi connectivity index (χ2v) is 11.6. The van der Waals surface area contributed by atoms with E-state index in [4.69, 9.17) is 9.47 Å². The largest absolute Gasteiger partial charge is 0.508 e. The van der Waals surface area contributed by atoms with Gasteiger partial charge in [-0.1, -0.05) is 26.3 Å². The second-order valence-electron chi connectivity index (χ2n) is 10.2. The molecule has 184 valence electrons. The van der Waals surface area contributed by atoms with E-state index in [2.05, 4.69) is 32.0 Å². The third-order valence-corrected chi connectivity index (χ3v) is 9.17. The van der Waals surface area contributed by atoms with E-state index >= 15 is 0 Å². The predicted octanol–water partition coefficient (Wildman–Crippen LogP) is 6.12. The van der Waals surface area contributed by atoms with Gasteiger partial charge in [0.15, 0.2) is 5.76 Å². The maximum Gasteiger partial charge on any atom is 0.159 e. The quantitative estimate of drug-likeness (QED) is 0.279. The number of fused-ring (bicyclic) bond motifs is 5. The summed E-state index contributed by atoms with van der Waals surface area (Å²) in [6, 6.07) is 6.48. The number of benzene rings is 1. The SMILES string of the molecule is CCCCOCCCSC(C)Oc1ccc2c(c1)CCC1[C@@H]2CC[C@]2(C)[C@@H](O)C(O)=C(O)[C@@H]12. The molecule has 6 atom stereocenters. The topological polar surface area (TPSA) is 79.2 Å². The van der Waals surface area contributed by atoms with Crippen molar-refractivity contribution in [3.05, 3.63) is 40.8 Å². The molecule has 0 aliphatic heterocycles. The summed E-state index contributed by atoms with van der Waals surface area (Å²) in [5, 5.41) is 31.4. The first-order valence-corrected chi connectivity index (χ1v) is 13.7. The van der Waals surface area contributed by atoms with Gasteiger partial charge in [-0.3, -0.25) is 0 Å². The third-order valence-electron chi connectivity index (χ3n) is 8.08. The third kappa shape index (κ3) is 4.89. The van der Waals surface area contributed by atoms with Crippen molar-refractivity contribution in [3.8, 4) is 5.75 Å². The molecule has 6 heteroatoms. The first-order chi connectivity index (χ1) is 15.9. The number of hydrogen-bond donors (Lipinski definition) is 3. The van der Waals surface area contributed by atoms with Gasteiger partial charge in [0.25, 0.3) is 0 Å². The van der Waals surface area contributed by atoms with Gasteiger partial charge in [-0.25, -0.2) is 0 Å². The van der Waals surface area contributed by atoms with Crippen molar-refractivity contribution in [1.82, 2.24) is 0 Å². The van der Waals surface area contributed by atoms with Crippen molar-refractivity contribution in [2.75, 3.05) is 19.0 Å². The van der Waals surface area contributed by atoms with Gasteiger partial charge in [0.2, 0.25) is 0 Å². The molecule has 1 saturated carbocycles. The van der Waals surface area contributed by atoms with Gasteiger partial charge in [0, 0.05) is 24.5 Å². The van der Waals surface area contributed by atoms with Gasteiger partial charge in [0.1, 0.15) is 23.0 Å². The van der Waals surface area contributed by atoms with Gasteiger partial charge < -0.3 is 24.8 Å². The zero-order valence-electron chi connectivity index (χ0n) is 20.3.